The molecule has 0 saturated carbocycles. The van der Waals surface area contributed by atoms with Gasteiger partial charge in [0.1, 0.15) is 11.8 Å². The second-order valence-corrected chi connectivity index (χ2v) is 6.76. The van der Waals surface area contributed by atoms with Gasteiger partial charge < -0.3 is 14.5 Å². The Kier molecular flexibility index (Phi) is 5.04. The molecule has 0 bridgehead atoms. The van der Waals surface area contributed by atoms with Crippen LogP contribution in [0.15, 0.2) is 48.7 Å². The Balaban J connectivity index is 1.88. The fourth-order valence-electron chi connectivity index (χ4n) is 3.36. The maximum absolute atomic E-state index is 13.2. The highest BCUT2D eigenvalue weighted by Gasteiger charge is 2.37. The van der Waals surface area contributed by atoms with Crippen LogP contribution >= 0.6 is 0 Å². The number of morpholine rings is 1. The molecule has 1 aliphatic heterocycles. The van der Waals surface area contributed by atoms with Crippen LogP contribution in [0.1, 0.15) is 36.0 Å². The number of rotatable bonds is 3. The van der Waals surface area contributed by atoms with Crippen molar-refractivity contribution in [2.75, 3.05) is 25.6 Å². The van der Waals surface area contributed by atoms with E-state index in [0.717, 1.165) is 11.3 Å². The van der Waals surface area contributed by atoms with E-state index in [4.69, 9.17) is 4.74 Å². The van der Waals surface area contributed by atoms with Crippen molar-refractivity contribution in [3.05, 3.63) is 59.9 Å². The van der Waals surface area contributed by atoms with Crippen LogP contribution in [0.25, 0.3) is 0 Å². The van der Waals surface area contributed by atoms with E-state index in [1.165, 1.54) is 0 Å². The third-order valence-electron chi connectivity index (χ3n) is 4.71. The van der Waals surface area contributed by atoms with Crippen LogP contribution in [0.4, 0.5) is 5.69 Å². The topological polar surface area (TPSA) is 45.7 Å². The van der Waals surface area contributed by atoms with E-state index in [9.17, 15) is 4.79 Å². The van der Waals surface area contributed by atoms with Crippen molar-refractivity contribution in [2.24, 2.45) is 0 Å². The van der Waals surface area contributed by atoms with Crippen molar-refractivity contribution >= 4 is 11.6 Å². The van der Waals surface area contributed by atoms with Gasteiger partial charge in [-0.2, -0.15) is 0 Å². The van der Waals surface area contributed by atoms with Crippen LogP contribution < -0.4 is 4.90 Å². The predicted octanol–water partition coefficient (Wildman–Crippen LogP) is 3.14. The first-order chi connectivity index (χ1) is 12.0. The lowest BCUT2D eigenvalue weighted by Gasteiger charge is -2.43. The van der Waals surface area contributed by atoms with Gasteiger partial charge in [0, 0.05) is 26.0 Å². The normalized spacial score (nSPS) is 23.4. The maximum Gasteiger partial charge on any atom is 0.273 e. The molecule has 3 atom stereocenters. The lowest BCUT2D eigenvalue weighted by atomic mass is 9.98. The minimum Gasteiger partial charge on any atom is -0.378 e. The Morgan fingerprint density at radius 1 is 1.20 bits per heavy atom. The third kappa shape index (κ3) is 3.51. The number of nitrogens with zero attached hydrogens (tertiary/aromatic N) is 3. The SMILES string of the molecule is C[C@@H]1CO[C@@H](c2ccccc2)[C@@H](C)N1C(=O)c1cc(N(C)C)ccn1. The number of amides is 1. The van der Waals surface area contributed by atoms with E-state index >= 15 is 0 Å². The van der Waals surface area contributed by atoms with E-state index in [1.54, 1.807) is 6.20 Å². The molecule has 1 aliphatic rings. The van der Waals surface area contributed by atoms with Gasteiger partial charge in [-0.1, -0.05) is 30.3 Å². The fourth-order valence-corrected chi connectivity index (χ4v) is 3.36. The van der Waals surface area contributed by atoms with Gasteiger partial charge in [0.05, 0.1) is 18.7 Å². The van der Waals surface area contributed by atoms with Gasteiger partial charge in [-0.3, -0.25) is 9.78 Å². The molecule has 0 aliphatic carbocycles. The second kappa shape index (κ2) is 7.23. The van der Waals surface area contributed by atoms with E-state index in [-0.39, 0.29) is 24.1 Å². The molecule has 5 heteroatoms. The highest BCUT2D eigenvalue weighted by Crippen LogP contribution is 2.31. The number of pyridine rings is 1. The van der Waals surface area contributed by atoms with Crippen molar-refractivity contribution < 1.29 is 9.53 Å². The Morgan fingerprint density at radius 2 is 1.92 bits per heavy atom. The van der Waals surface area contributed by atoms with Crippen LogP contribution in [0, 0.1) is 0 Å². The minimum atomic E-state index is -0.126. The first-order valence-electron chi connectivity index (χ1n) is 8.61. The molecule has 25 heavy (non-hydrogen) atoms. The number of aromatic nitrogens is 1. The first kappa shape index (κ1) is 17.4. The molecular formula is C20H25N3O2. The molecule has 5 nitrogen and oxygen atoms in total. The summed E-state index contributed by atoms with van der Waals surface area (Å²) < 4.78 is 6.04. The molecule has 0 N–H and O–H groups in total. The van der Waals surface area contributed by atoms with Gasteiger partial charge in [0.25, 0.3) is 5.91 Å². The highest BCUT2D eigenvalue weighted by molar-refractivity contribution is 5.93. The summed E-state index contributed by atoms with van der Waals surface area (Å²) in [6.45, 7) is 4.58. The zero-order valence-corrected chi connectivity index (χ0v) is 15.2. The molecule has 132 valence electrons. The summed E-state index contributed by atoms with van der Waals surface area (Å²) in [4.78, 5) is 21.3. The summed E-state index contributed by atoms with van der Waals surface area (Å²) in [5.41, 5.74) is 2.53. The summed E-state index contributed by atoms with van der Waals surface area (Å²) in [5, 5.41) is 0. The number of carbonyl (C=O) groups is 1. The summed E-state index contributed by atoms with van der Waals surface area (Å²) in [5.74, 6) is -0.0482. The quantitative estimate of drug-likeness (QED) is 0.862. The van der Waals surface area contributed by atoms with Crippen LogP contribution in [0.3, 0.4) is 0 Å². The summed E-state index contributed by atoms with van der Waals surface area (Å²) in [6.07, 6.45) is 1.56. The standard InChI is InChI=1S/C20H25N3O2/c1-14-13-25-19(16-8-6-5-7-9-16)15(2)23(14)20(24)18-12-17(22(3)4)10-11-21-18/h5-12,14-15,19H,13H2,1-4H3/t14-,15-,19-/m1/s1. The highest BCUT2D eigenvalue weighted by atomic mass is 16.5. The smallest absolute Gasteiger partial charge is 0.273 e. The molecule has 3 rings (SSSR count). The van der Waals surface area contributed by atoms with Crippen LogP contribution in [-0.4, -0.2) is 48.6 Å². The average Bonchev–Trinajstić information content (AvgIpc) is 2.62. The second-order valence-electron chi connectivity index (χ2n) is 6.76. The third-order valence-corrected chi connectivity index (χ3v) is 4.71. The number of hydrogen-bond acceptors (Lipinski definition) is 4. The van der Waals surface area contributed by atoms with Crippen molar-refractivity contribution in [1.29, 1.82) is 0 Å². The summed E-state index contributed by atoms with van der Waals surface area (Å²) in [7, 11) is 3.91. The molecule has 1 saturated heterocycles. The molecule has 1 aromatic carbocycles. The van der Waals surface area contributed by atoms with Gasteiger partial charge in [0.15, 0.2) is 0 Å². The van der Waals surface area contributed by atoms with Crippen molar-refractivity contribution in [2.45, 2.75) is 32.0 Å². The Labute approximate surface area is 149 Å². The lowest BCUT2D eigenvalue weighted by molar-refractivity contribution is -0.0807. The Hall–Kier alpha value is -2.40. The van der Waals surface area contributed by atoms with Crippen molar-refractivity contribution in [3.63, 3.8) is 0 Å². The summed E-state index contributed by atoms with van der Waals surface area (Å²) >= 11 is 0. The van der Waals surface area contributed by atoms with Gasteiger partial charge in [-0.25, -0.2) is 0 Å². The predicted molar refractivity (Wildman–Crippen MR) is 98.8 cm³/mol. The van der Waals surface area contributed by atoms with E-state index in [0.29, 0.717) is 12.3 Å². The fraction of sp³-hybridized carbons (Fsp3) is 0.400. The zero-order chi connectivity index (χ0) is 18.0. The molecule has 1 aromatic heterocycles. The van der Waals surface area contributed by atoms with Crippen LogP contribution in [-0.2, 0) is 4.74 Å². The maximum atomic E-state index is 13.2. The molecule has 0 spiro atoms. The lowest BCUT2D eigenvalue weighted by Crippen LogP contribution is -2.53. The largest absolute Gasteiger partial charge is 0.378 e. The number of ether oxygens (including phenoxy) is 1. The van der Waals surface area contributed by atoms with E-state index < -0.39 is 0 Å². The van der Waals surface area contributed by atoms with E-state index in [2.05, 4.69) is 4.98 Å². The average molecular weight is 339 g/mol. The molecule has 2 aromatic rings. The van der Waals surface area contributed by atoms with Crippen LogP contribution in [0.2, 0.25) is 0 Å². The van der Waals surface area contributed by atoms with Gasteiger partial charge in [-0.05, 0) is 31.5 Å². The molecule has 1 amide bonds. The van der Waals surface area contributed by atoms with E-state index in [1.807, 2.05) is 80.2 Å². The summed E-state index contributed by atoms with van der Waals surface area (Å²) in [6, 6.07) is 13.8. The van der Waals surface area contributed by atoms with Gasteiger partial charge >= 0.3 is 0 Å². The zero-order valence-electron chi connectivity index (χ0n) is 15.2. The molecular weight excluding hydrogens is 314 g/mol. The van der Waals surface area contributed by atoms with Crippen molar-refractivity contribution in [1.82, 2.24) is 9.88 Å². The molecule has 0 radical (unpaired) electrons. The number of hydrogen-bond donors (Lipinski definition) is 0. The Bertz CT molecular complexity index is 733. The molecule has 2 heterocycles. The Morgan fingerprint density at radius 3 is 2.60 bits per heavy atom. The molecule has 0 unspecified atom stereocenters. The molecule has 1 fully saturated rings. The number of anilines is 1. The monoisotopic (exact) mass is 339 g/mol. The number of carbonyl (C=O) groups excluding carboxylic acids is 1. The minimum absolute atomic E-state index is 0.00674. The van der Waals surface area contributed by atoms with Crippen molar-refractivity contribution in [3.8, 4) is 0 Å². The van der Waals surface area contributed by atoms with Gasteiger partial charge in [0.2, 0.25) is 0 Å². The van der Waals surface area contributed by atoms with Crippen LogP contribution in [0.5, 0.6) is 0 Å². The number of benzene rings is 1. The first-order valence-corrected chi connectivity index (χ1v) is 8.61. The van der Waals surface area contributed by atoms with Gasteiger partial charge in [-0.15, -0.1) is 0 Å².